The van der Waals surface area contributed by atoms with E-state index in [9.17, 15) is 9.59 Å². The Morgan fingerprint density at radius 1 is 0.960 bits per heavy atom. The van der Waals surface area contributed by atoms with Crippen LogP contribution in [0.15, 0.2) is 60.7 Å². The molecule has 1 atom stereocenters. The van der Waals surface area contributed by atoms with Crippen LogP contribution in [-0.4, -0.2) is 53.7 Å². The fraction of sp³-hybridized carbons (Fsp3) is 0.263. The molecule has 6 heteroatoms. The van der Waals surface area contributed by atoms with Gasteiger partial charge in [0.25, 0.3) is 0 Å². The molecule has 0 radical (unpaired) electrons. The van der Waals surface area contributed by atoms with Gasteiger partial charge in [-0.3, -0.25) is 9.59 Å². The van der Waals surface area contributed by atoms with Crippen LogP contribution in [0.3, 0.4) is 0 Å². The normalized spacial score (nSPS) is 11.2. The van der Waals surface area contributed by atoms with Crippen LogP contribution in [-0.2, 0) is 9.59 Å². The molecule has 0 heterocycles. The maximum absolute atomic E-state index is 12.4. The van der Waals surface area contributed by atoms with Crippen molar-refractivity contribution in [1.29, 1.82) is 0 Å². The van der Waals surface area contributed by atoms with E-state index < -0.39 is 18.6 Å². The first kappa shape index (κ1) is 20.3. The monoisotopic (exact) mass is 344 g/mol. The van der Waals surface area contributed by atoms with Crippen LogP contribution >= 0.6 is 0 Å². The van der Waals surface area contributed by atoms with Crippen molar-refractivity contribution in [3.05, 3.63) is 71.8 Å². The lowest BCUT2D eigenvalue weighted by Gasteiger charge is -2.21. The zero-order valence-corrected chi connectivity index (χ0v) is 14.4. The van der Waals surface area contributed by atoms with E-state index >= 15 is 0 Å². The van der Waals surface area contributed by atoms with Crippen LogP contribution < -0.4 is 5.73 Å². The zero-order chi connectivity index (χ0) is 18.8. The number of aliphatic hydroxyl groups is 1. The third-order valence-electron chi connectivity index (χ3n) is 3.47. The SMILES string of the molecule is CN(C)C(=O)C(c1ccccc1)c1ccccc1.N[C@@H](CO)C(=O)O. The molecular weight excluding hydrogens is 320 g/mol. The zero-order valence-electron chi connectivity index (χ0n) is 14.4. The summed E-state index contributed by atoms with van der Waals surface area (Å²) in [6, 6.07) is 18.7. The van der Waals surface area contributed by atoms with Gasteiger partial charge in [0.2, 0.25) is 5.91 Å². The number of carbonyl (C=O) groups is 2. The maximum Gasteiger partial charge on any atom is 0.322 e. The van der Waals surface area contributed by atoms with Crippen molar-refractivity contribution in [3.63, 3.8) is 0 Å². The standard InChI is InChI=1S/C16H17NO.C3H7NO3/c1-17(2)16(18)15(13-9-5-3-6-10-13)14-11-7-4-8-12-14;4-2(1-5)3(6)7/h3-12,15H,1-2H3;2,5H,1,4H2,(H,6,7)/t;2-/m.0/s1. The van der Waals surface area contributed by atoms with Crippen molar-refractivity contribution in [2.45, 2.75) is 12.0 Å². The Morgan fingerprint density at radius 3 is 1.60 bits per heavy atom. The lowest BCUT2D eigenvalue weighted by Crippen LogP contribution is -2.33. The Hall–Kier alpha value is -2.70. The van der Waals surface area contributed by atoms with Crippen molar-refractivity contribution in [1.82, 2.24) is 4.90 Å². The summed E-state index contributed by atoms with van der Waals surface area (Å²) in [6.07, 6.45) is 0. The van der Waals surface area contributed by atoms with Crippen molar-refractivity contribution >= 4 is 11.9 Å². The van der Waals surface area contributed by atoms with Gasteiger partial charge in [-0.25, -0.2) is 0 Å². The quantitative estimate of drug-likeness (QED) is 0.758. The number of carbonyl (C=O) groups excluding carboxylic acids is 1. The molecule has 4 N–H and O–H groups in total. The number of aliphatic carboxylic acids is 1. The Labute approximate surface area is 147 Å². The van der Waals surface area contributed by atoms with Gasteiger partial charge in [-0.05, 0) is 11.1 Å². The predicted octanol–water partition coefficient (Wildman–Crippen LogP) is 1.30. The summed E-state index contributed by atoms with van der Waals surface area (Å²) in [6.45, 7) is -0.505. The number of benzene rings is 2. The number of likely N-dealkylation sites (N-methyl/N-ethyl adjacent to an activating group) is 1. The van der Waals surface area contributed by atoms with E-state index in [0.717, 1.165) is 11.1 Å². The van der Waals surface area contributed by atoms with Gasteiger partial charge >= 0.3 is 5.97 Å². The van der Waals surface area contributed by atoms with E-state index in [4.69, 9.17) is 15.9 Å². The molecule has 25 heavy (non-hydrogen) atoms. The summed E-state index contributed by atoms with van der Waals surface area (Å²) in [5.74, 6) is -1.29. The molecule has 0 fully saturated rings. The number of hydrogen-bond acceptors (Lipinski definition) is 4. The molecular formula is C19H24N2O4. The van der Waals surface area contributed by atoms with Crippen LogP contribution in [0.5, 0.6) is 0 Å². The minimum atomic E-state index is -1.18. The molecule has 0 aliphatic carbocycles. The van der Waals surface area contributed by atoms with Crippen molar-refractivity contribution in [3.8, 4) is 0 Å². The summed E-state index contributed by atoms with van der Waals surface area (Å²) in [4.78, 5) is 23.7. The number of nitrogens with zero attached hydrogens (tertiary/aromatic N) is 1. The minimum Gasteiger partial charge on any atom is -0.480 e. The number of rotatable bonds is 5. The van der Waals surface area contributed by atoms with E-state index in [2.05, 4.69) is 0 Å². The third kappa shape index (κ3) is 6.37. The predicted molar refractivity (Wildman–Crippen MR) is 96.1 cm³/mol. The van der Waals surface area contributed by atoms with Crippen LogP contribution in [0.4, 0.5) is 0 Å². The highest BCUT2D eigenvalue weighted by Crippen LogP contribution is 2.25. The first-order valence-electron chi connectivity index (χ1n) is 7.78. The molecule has 6 nitrogen and oxygen atoms in total. The summed E-state index contributed by atoms with van der Waals surface area (Å²) in [5, 5.41) is 15.9. The lowest BCUT2D eigenvalue weighted by molar-refractivity contribution is -0.139. The van der Waals surface area contributed by atoms with E-state index in [1.807, 2.05) is 60.7 Å². The van der Waals surface area contributed by atoms with Crippen molar-refractivity contribution in [2.75, 3.05) is 20.7 Å². The summed E-state index contributed by atoms with van der Waals surface area (Å²) >= 11 is 0. The second-order valence-electron chi connectivity index (χ2n) is 5.61. The van der Waals surface area contributed by atoms with E-state index in [1.54, 1.807) is 19.0 Å². The molecule has 0 aliphatic heterocycles. The molecule has 2 rings (SSSR count). The Morgan fingerprint density at radius 2 is 1.36 bits per heavy atom. The van der Waals surface area contributed by atoms with Gasteiger partial charge in [0.15, 0.2) is 0 Å². The largest absolute Gasteiger partial charge is 0.480 e. The molecule has 0 unspecified atom stereocenters. The van der Waals surface area contributed by atoms with Gasteiger partial charge in [0.05, 0.1) is 12.5 Å². The highest BCUT2D eigenvalue weighted by Gasteiger charge is 2.23. The first-order chi connectivity index (χ1) is 11.9. The van der Waals surface area contributed by atoms with Gasteiger partial charge in [-0.2, -0.15) is 0 Å². The van der Waals surface area contributed by atoms with Crippen molar-refractivity contribution < 1.29 is 19.8 Å². The molecule has 0 saturated carbocycles. The van der Waals surface area contributed by atoms with Gasteiger partial charge in [0, 0.05) is 14.1 Å². The first-order valence-corrected chi connectivity index (χ1v) is 7.78. The second-order valence-corrected chi connectivity index (χ2v) is 5.61. The number of carboxylic acid groups (broad SMARTS) is 1. The highest BCUT2D eigenvalue weighted by atomic mass is 16.4. The second kappa shape index (κ2) is 10.2. The van der Waals surface area contributed by atoms with Crippen LogP contribution in [0, 0.1) is 0 Å². The number of carboxylic acids is 1. The highest BCUT2D eigenvalue weighted by molar-refractivity contribution is 5.86. The molecule has 0 aromatic heterocycles. The third-order valence-corrected chi connectivity index (χ3v) is 3.47. The fourth-order valence-corrected chi connectivity index (χ4v) is 2.10. The Bertz CT molecular complexity index is 620. The molecule has 2 aromatic carbocycles. The molecule has 0 spiro atoms. The topological polar surface area (TPSA) is 104 Å². The number of amides is 1. The summed E-state index contributed by atoms with van der Waals surface area (Å²) in [7, 11) is 3.59. The smallest absolute Gasteiger partial charge is 0.322 e. The molecule has 0 bridgehead atoms. The number of hydrogen-bond donors (Lipinski definition) is 3. The molecule has 2 aromatic rings. The van der Waals surface area contributed by atoms with Crippen molar-refractivity contribution in [2.24, 2.45) is 5.73 Å². The van der Waals surface area contributed by atoms with Crippen LogP contribution in [0.1, 0.15) is 17.0 Å². The average molecular weight is 344 g/mol. The van der Waals surface area contributed by atoms with E-state index in [0.29, 0.717) is 0 Å². The maximum atomic E-state index is 12.4. The minimum absolute atomic E-state index is 0.104. The fourth-order valence-electron chi connectivity index (χ4n) is 2.10. The van der Waals surface area contributed by atoms with Gasteiger partial charge < -0.3 is 20.8 Å². The number of nitrogens with two attached hydrogens (primary N) is 1. The average Bonchev–Trinajstić information content (AvgIpc) is 2.63. The summed E-state index contributed by atoms with van der Waals surface area (Å²) in [5.41, 5.74) is 6.83. The van der Waals surface area contributed by atoms with Crippen LogP contribution in [0.2, 0.25) is 0 Å². The summed E-state index contributed by atoms with van der Waals surface area (Å²) < 4.78 is 0. The number of aliphatic hydroxyl groups excluding tert-OH is 1. The van der Waals surface area contributed by atoms with Gasteiger partial charge in [0.1, 0.15) is 6.04 Å². The van der Waals surface area contributed by atoms with Gasteiger partial charge in [-0.1, -0.05) is 60.7 Å². The van der Waals surface area contributed by atoms with Crippen LogP contribution in [0.25, 0.3) is 0 Å². The van der Waals surface area contributed by atoms with Gasteiger partial charge in [-0.15, -0.1) is 0 Å². The van der Waals surface area contributed by atoms with E-state index in [-0.39, 0.29) is 11.8 Å². The lowest BCUT2D eigenvalue weighted by atomic mass is 9.90. The molecule has 0 aliphatic rings. The van der Waals surface area contributed by atoms with E-state index in [1.165, 1.54) is 0 Å². The molecule has 0 saturated heterocycles. The Kier molecular flexibility index (Phi) is 8.32. The Balaban J connectivity index is 0.000000381. The molecule has 134 valence electrons. The molecule has 1 amide bonds.